The van der Waals surface area contributed by atoms with Gasteiger partial charge in [0.2, 0.25) is 0 Å². The highest BCUT2D eigenvalue weighted by atomic mass is 16.3. The van der Waals surface area contributed by atoms with Crippen molar-refractivity contribution in [1.82, 2.24) is 0 Å². The van der Waals surface area contributed by atoms with E-state index in [9.17, 15) is 0 Å². The molecule has 1 rings (SSSR count). The van der Waals surface area contributed by atoms with E-state index in [0.29, 0.717) is 11.8 Å². The van der Waals surface area contributed by atoms with Crippen LogP contribution >= 0.6 is 0 Å². The van der Waals surface area contributed by atoms with Crippen LogP contribution < -0.4 is 0 Å². The molecule has 1 N–H and O–H groups in total. The Morgan fingerprint density at radius 1 is 1.36 bits per heavy atom. The van der Waals surface area contributed by atoms with Crippen LogP contribution in [-0.2, 0) is 0 Å². The first-order valence-electron chi connectivity index (χ1n) is 3.74. The Balaban J connectivity index is 0.000001000. The van der Waals surface area contributed by atoms with Crippen molar-refractivity contribution in [3.05, 3.63) is 23.8 Å². The molecule has 0 spiro atoms. The zero-order valence-electron chi connectivity index (χ0n) is 6.54. The number of hydrogen-bond donors (Lipinski definition) is 1. The van der Waals surface area contributed by atoms with Crippen molar-refractivity contribution in [3.8, 4) is 0 Å². The maximum absolute atomic E-state index is 8.78. The molecule has 0 bridgehead atoms. The van der Waals surface area contributed by atoms with E-state index in [0.717, 1.165) is 5.57 Å². The molecule has 0 fully saturated rings. The molecule has 0 saturated carbocycles. The Bertz CT molecular complexity index is 168. The van der Waals surface area contributed by atoms with Crippen LogP contribution in [0.25, 0.3) is 0 Å². The van der Waals surface area contributed by atoms with Gasteiger partial charge in [-0.1, -0.05) is 39.5 Å². The van der Waals surface area contributed by atoms with Gasteiger partial charge in [0.25, 0.3) is 0 Å². The maximum atomic E-state index is 8.78. The van der Waals surface area contributed by atoms with E-state index in [4.69, 9.17) is 5.11 Å². The Hall–Kier alpha value is -0.560. The second kappa shape index (κ2) is 4.35. The molecule has 11 heavy (non-hydrogen) atoms. The van der Waals surface area contributed by atoms with Crippen LogP contribution in [0.5, 0.6) is 0 Å². The van der Waals surface area contributed by atoms with Gasteiger partial charge in [0.15, 0.2) is 0 Å². The van der Waals surface area contributed by atoms with Gasteiger partial charge in [-0.05, 0) is 17.4 Å². The van der Waals surface area contributed by atoms with Crippen molar-refractivity contribution in [2.45, 2.75) is 21.3 Å². The molecule has 1 heteroatoms. The molecule has 0 aromatic carbocycles. The summed E-state index contributed by atoms with van der Waals surface area (Å²) in [6, 6.07) is 0. The average Bonchev–Trinajstić information content (AvgIpc) is 1.95. The minimum Gasteiger partial charge on any atom is -0.392 e. The summed E-state index contributed by atoms with van der Waals surface area (Å²) in [7, 11) is 0. The topological polar surface area (TPSA) is 20.2 Å². The number of aliphatic hydroxyl groups excluding tert-OH is 1. The van der Waals surface area contributed by atoms with Gasteiger partial charge < -0.3 is 5.11 Å². The van der Waals surface area contributed by atoms with Gasteiger partial charge in [-0.15, -0.1) is 0 Å². The smallest absolute Gasteiger partial charge is 0.0678 e. The molecule has 0 heterocycles. The van der Waals surface area contributed by atoms with Crippen molar-refractivity contribution < 1.29 is 5.11 Å². The van der Waals surface area contributed by atoms with Gasteiger partial charge in [0, 0.05) is 0 Å². The van der Waals surface area contributed by atoms with Gasteiger partial charge in [0.05, 0.1) is 6.61 Å². The normalized spacial score (nSPS) is 29.2. The lowest BCUT2D eigenvalue weighted by molar-refractivity contribution is 0.331. The molecule has 2 unspecified atom stereocenters. The number of aliphatic hydroxyl groups is 1. The zero-order chi connectivity index (χ0) is 7.56. The van der Waals surface area contributed by atoms with Crippen LogP contribution in [-0.4, -0.2) is 11.7 Å². The van der Waals surface area contributed by atoms with E-state index < -0.39 is 0 Å². The number of allylic oxidation sites excluding steroid dienone is 2. The van der Waals surface area contributed by atoms with Gasteiger partial charge in [-0.3, -0.25) is 0 Å². The lowest BCUT2D eigenvalue weighted by atomic mass is 9.89. The zero-order valence-corrected chi connectivity index (χ0v) is 6.54. The van der Waals surface area contributed by atoms with Gasteiger partial charge in [0.1, 0.15) is 0 Å². The van der Waals surface area contributed by atoms with Crippen molar-refractivity contribution in [2.75, 3.05) is 6.61 Å². The van der Waals surface area contributed by atoms with Crippen LogP contribution in [0.4, 0.5) is 0 Å². The summed E-state index contributed by atoms with van der Waals surface area (Å²) >= 11 is 0. The van der Waals surface area contributed by atoms with Crippen molar-refractivity contribution in [1.29, 1.82) is 0 Å². The fourth-order valence-electron chi connectivity index (χ4n) is 1.10. The third kappa shape index (κ3) is 2.51. The lowest BCUT2D eigenvalue weighted by Gasteiger charge is -2.17. The molecule has 1 aliphatic rings. The Kier molecular flexibility index (Phi) is 4.12. The van der Waals surface area contributed by atoms with Crippen LogP contribution in [0.2, 0.25) is 0 Å². The minimum absolute atomic E-state index is 0. The molecule has 64 valence electrons. The monoisotopic (exact) mass is 154 g/mol. The molecular formula is C10H18O. The third-order valence-electron chi connectivity index (χ3n) is 2.10. The van der Waals surface area contributed by atoms with Crippen molar-refractivity contribution in [2.24, 2.45) is 11.8 Å². The molecule has 1 nitrogen and oxygen atoms in total. The quantitative estimate of drug-likeness (QED) is 0.615. The maximum Gasteiger partial charge on any atom is 0.0678 e. The first-order chi connectivity index (χ1) is 4.74. The molecule has 1 aliphatic carbocycles. The van der Waals surface area contributed by atoms with E-state index in [1.54, 1.807) is 0 Å². The third-order valence-corrected chi connectivity index (χ3v) is 2.10. The van der Waals surface area contributed by atoms with E-state index in [1.165, 1.54) is 0 Å². The molecule has 0 aromatic heterocycles. The van der Waals surface area contributed by atoms with Gasteiger partial charge in [-0.25, -0.2) is 0 Å². The second-order valence-corrected chi connectivity index (χ2v) is 2.98. The van der Waals surface area contributed by atoms with Crippen molar-refractivity contribution >= 4 is 0 Å². The van der Waals surface area contributed by atoms with Gasteiger partial charge in [-0.2, -0.15) is 0 Å². The first-order valence-corrected chi connectivity index (χ1v) is 3.74. The number of hydrogen-bond acceptors (Lipinski definition) is 1. The standard InChI is InChI=1S/C9H14O.CH4/c1-7-3-4-9(6-10)5-8(7)2;/h3-5,7-8,10H,6H2,1-2H3;1H4. The van der Waals surface area contributed by atoms with E-state index in [-0.39, 0.29) is 14.0 Å². The first kappa shape index (κ1) is 10.4. The molecule has 0 aliphatic heterocycles. The molecule has 0 saturated heterocycles. The molecular weight excluding hydrogens is 136 g/mol. The SMILES string of the molecule is C.CC1C=CC(CO)=CC1C. The molecule has 0 radical (unpaired) electrons. The van der Waals surface area contributed by atoms with E-state index >= 15 is 0 Å². The predicted molar refractivity (Wildman–Crippen MR) is 49.4 cm³/mol. The van der Waals surface area contributed by atoms with Crippen LogP contribution in [0.15, 0.2) is 23.8 Å². The summed E-state index contributed by atoms with van der Waals surface area (Å²) in [5.74, 6) is 1.20. The summed E-state index contributed by atoms with van der Waals surface area (Å²) < 4.78 is 0. The predicted octanol–water partition coefficient (Wildman–Crippen LogP) is 2.38. The molecule has 2 atom stereocenters. The fraction of sp³-hybridized carbons (Fsp3) is 0.600. The highest BCUT2D eigenvalue weighted by molar-refractivity contribution is 5.24. The van der Waals surface area contributed by atoms with Crippen LogP contribution in [0, 0.1) is 11.8 Å². The summed E-state index contributed by atoms with van der Waals surface area (Å²) in [4.78, 5) is 0. The Morgan fingerprint density at radius 2 is 2.00 bits per heavy atom. The van der Waals surface area contributed by atoms with Gasteiger partial charge >= 0.3 is 0 Å². The van der Waals surface area contributed by atoms with E-state index in [1.807, 2.05) is 6.08 Å². The van der Waals surface area contributed by atoms with Crippen molar-refractivity contribution in [3.63, 3.8) is 0 Å². The largest absolute Gasteiger partial charge is 0.392 e. The minimum atomic E-state index is 0. The summed E-state index contributed by atoms with van der Waals surface area (Å²) in [5.41, 5.74) is 1.05. The number of rotatable bonds is 1. The van der Waals surface area contributed by atoms with Crippen LogP contribution in [0.3, 0.4) is 0 Å². The Morgan fingerprint density at radius 3 is 2.45 bits per heavy atom. The molecule has 0 amide bonds. The highest BCUT2D eigenvalue weighted by Gasteiger charge is 2.10. The summed E-state index contributed by atoms with van der Waals surface area (Å²) in [6.07, 6.45) is 6.28. The molecule has 0 aromatic rings. The lowest BCUT2D eigenvalue weighted by Crippen LogP contribution is -2.07. The second-order valence-electron chi connectivity index (χ2n) is 2.98. The van der Waals surface area contributed by atoms with Crippen LogP contribution in [0.1, 0.15) is 21.3 Å². The highest BCUT2D eigenvalue weighted by Crippen LogP contribution is 2.21. The summed E-state index contributed by atoms with van der Waals surface area (Å²) in [5, 5.41) is 8.78. The fourth-order valence-corrected chi connectivity index (χ4v) is 1.10. The van der Waals surface area contributed by atoms with E-state index in [2.05, 4.69) is 26.0 Å². The Labute approximate surface area is 69.4 Å². The average molecular weight is 154 g/mol. The summed E-state index contributed by atoms with van der Waals surface area (Å²) in [6.45, 7) is 4.53.